The number of ether oxygens (including phenoxy) is 1. The van der Waals surface area contributed by atoms with E-state index in [2.05, 4.69) is 51.4 Å². The van der Waals surface area contributed by atoms with Crippen LogP contribution < -0.4 is 5.56 Å². The Morgan fingerprint density at radius 1 is 1.09 bits per heavy atom. The van der Waals surface area contributed by atoms with Crippen molar-refractivity contribution in [3.8, 4) is 0 Å². The molecule has 1 aliphatic carbocycles. The molecular formula is C24H32N6O2. The summed E-state index contributed by atoms with van der Waals surface area (Å²) in [7, 11) is 0. The minimum Gasteiger partial charge on any atom is -0.377 e. The van der Waals surface area contributed by atoms with Crippen molar-refractivity contribution in [2.75, 3.05) is 13.2 Å². The summed E-state index contributed by atoms with van der Waals surface area (Å²) in [4.78, 5) is 18.3. The lowest BCUT2D eigenvalue weighted by Crippen LogP contribution is -2.34. The normalized spacial score (nSPS) is 19.5. The van der Waals surface area contributed by atoms with E-state index in [0.717, 1.165) is 61.1 Å². The van der Waals surface area contributed by atoms with Gasteiger partial charge in [0, 0.05) is 30.8 Å². The maximum absolute atomic E-state index is 12.9. The van der Waals surface area contributed by atoms with Gasteiger partial charge in [-0.2, -0.15) is 0 Å². The SMILES string of the molecule is Cc1cc2cc(CN(Cc3nnnn3C3CCCC3)C[C@H]3CCCO3)c(=O)[nH]c2cc1C. The van der Waals surface area contributed by atoms with Crippen molar-refractivity contribution in [1.29, 1.82) is 0 Å². The zero-order valence-electron chi connectivity index (χ0n) is 19.0. The summed E-state index contributed by atoms with van der Waals surface area (Å²) in [5.41, 5.74) is 4.02. The Labute approximate surface area is 188 Å². The predicted molar refractivity (Wildman–Crippen MR) is 122 cm³/mol. The Kier molecular flexibility index (Phi) is 6.06. The van der Waals surface area contributed by atoms with Crippen LogP contribution in [0.1, 0.15) is 67.1 Å². The molecule has 1 saturated heterocycles. The lowest BCUT2D eigenvalue weighted by atomic mass is 10.0. The number of aromatic amines is 1. The van der Waals surface area contributed by atoms with Gasteiger partial charge in [-0.1, -0.05) is 12.8 Å². The largest absolute Gasteiger partial charge is 0.377 e. The topological polar surface area (TPSA) is 88.9 Å². The van der Waals surface area contributed by atoms with E-state index in [4.69, 9.17) is 4.74 Å². The molecule has 0 radical (unpaired) electrons. The van der Waals surface area contributed by atoms with Crippen molar-refractivity contribution in [1.82, 2.24) is 30.1 Å². The first kappa shape index (κ1) is 21.3. The average Bonchev–Trinajstić information content (AvgIpc) is 3.52. The number of nitrogens with one attached hydrogen (secondary N) is 1. The molecule has 0 bridgehead atoms. The molecule has 1 atom stereocenters. The molecule has 5 rings (SSSR count). The number of rotatable bonds is 7. The third-order valence-electron chi connectivity index (χ3n) is 7.01. The first-order valence-corrected chi connectivity index (χ1v) is 11.8. The summed E-state index contributed by atoms with van der Waals surface area (Å²) in [5.74, 6) is 0.874. The molecule has 1 aromatic carbocycles. The quantitative estimate of drug-likeness (QED) is 0.610. The molecule has 8 heteroatoms. The van der Waals surface area contributed by atoms with Crippen LogP contribution in [0.3, 0.4) is 0 Å². The molecule has 1 saturated carbocycles. The second-order valence-electron chi connectivity index (χ2n) is 9.43. The van der Waals surface area contributed by atoms with Gasteiger partial charge in [-0.05, 0) is 84.7 Å². The molecular weight excluding hydrogens is 404 g/mol. The zero-order valence-corrected chi connectivity index (χ0v) is 19.0. The number of H-pyrrole nitrogens is 1. The highest BCUT2D eigenvalue weighted by molar-refractivity contribution is 5.80. The Morgan fingerprint density at radius 2 is 1.91 bits per heavy atom. The molecule has 0 unspecified atom stereocenters. The Balaban J connectivity index is 1.42. The van der Waals surface area contributed by atoms with Crippen LogP contribution in [0.15, 0.2) is 23.0 Å². The summed E-state index contributed by atoms with van der Waals surface area (Å²) in [5, 5.41) is 13.7. The van der Waals surface area contributed by atoms with Crippen LogP contribution in [-0.2, 0) is 17.8 Å². The molecule has 3 heterocycles. The Bertz CT molecular complexity index is 1140. The highest BCUT2D eigenvalue weighted by atomic mass is 16.5. The Morgan fingerprint density at radius 3 is 2.69 bits per heavy atom. The lowest BCUT2D eigenvalue weighted by molar-refractivity contribution is 0.0661. The van der Waals surface area contributed by atoms with Gasteiger partial charge in [-0.3, -0.25) is 9.69 Å². The van der Waals surface area contributed by atoms with Gasteiger partial charge in [0.2, 0.25) is 0 Å². The summed E-state index contributed by atoms with van der Waals surface area (Å²) in [6.07, 6.45) is 7.06. The van der Waals surface area contributed by atoms with Crippen LogP contribution in [0.25, 0.3) is 10.9 Å². The van der Waals surface area contributed by atoms with E-state index in [1.807, 2.05) is 10.7 Å². The number of nitrogens with zero attached hydrogens (tertiary/aromatic N) is 5. The van der Waals surface area contributed by atoms with E-state index in [0.29, 0.717) is 19.1 Å². The predicted octanol–water partition coefficient (Wildman–Crippen LogP) is 3.43. The van der Waals surface area contributed by atoms with Gasteiger partial charge in [-0.25, -0.2) is 4.68 Å². The van der Waals surface area contributed by atoms with Crippen LogP contribution in [0.4, 0.5) is 0 Å². The molecule has 170 valence electrons. The lowest BCUT2D eigenvalue weighted by Gasteiger charge is -2.25. The van der Waals surface area contributed by atoms with E-state index in [1.54, 1.807) is 0 Å². The van der Waals surface area contributed by atoms with Crippen LogP contribution >= 0.6 is 0 Å². The number of benzene rings is 1. The molecule has 0 amide bonds. The molecule has 1 aliphatic heterocycles. The molecule has 2 fully saturated rings. The standard InChI is InChI=1S/C24H32N6O2/c1-16-10-18-12-19(24(31)25-22(18)11-17(16)2)13-29(14-21-8-5-9-32-21)15-23-26-27-28-30(23)20-6-3-4-7-20/h10-12,20-21H,3-9,13-15H2,1-2H3,(H,25,31)/t21-/m1/s1. The molecule has 32 heavy (non-hydrogen) atoms. The summed E-state index contributed by atoms with van der Waals surface area (Å²) >= 11 is 0. The van der Waals surface area contributed by atoms with E-state index in [1.165, 1.54) is 24.0 Å². The van der Waals surface area contributed by atoms with Gasteiger partial charge in [0.1, 0.15) is 0 Å². The van der Waals surface area contributed by atoms with E-state index >= 15 is 0 Å². The summed E-state index contributed by atoms with van der Waals surface area (Å²) in [6.45, 7) is 6.89. The number of pyridine rings is 1. The first-order chi connectivity index (χ1) is 15.6. The second-order valence-corrected chi connectivity index (χ2v) is 9.43. The highest BCUT2D eigenvalue weighted by Crippen LogP contribution is 2.29. The van der Waals surface area contributed by atoms with E-state index < -0.39 is 0 Å². The maximum atomic E-state index is 12.9. The van der Waals surface area contributed by atoms with Crippen molar-refractivity contribution in [3.05, 3.63) is 51.1 Å². The van der Waals surface area contributed by atoms with Gasteiger partial charge < -0.3 is 9.72 Å². The second kappa shape index (κ2) is 9.11. The van der Waals surface area contributed by atoms with Gasteiger partial charge in [0.05, 0.1) is 18.7 Å². The molecule has 3 aromatic rings. The minimum absolute atomic E-state index is 0.0338. The van der Waals surface area contributed by atoms with E-state index in [-0.39, 0.29) is 11.7 Å². The minimum atomic E-state index is -0.0338. The Hall–Kier alpha value is -2.58. The van der Waals surface area contributed by atoms with Gasteiger partial charge in [0.15, 0.2) is 5.82 Å². The smallest absolute Gasteiger partial charge is 0.252 e. The van der Waals surface area contributed by atoms with E-state index in [9.17, 15) is 4.79 Å². The van der Waals surface area contributed by atoms with Crippen LogP contribution in [0.2, 0.25) is 0 Å². The van der Waals surface area contributed by atoms with Crippen molar-refractivity contribution < 1.29 is 4.74 Å². The van der Waals surface area contributed by atoms with Gasteiger partial charge in [0.25, 0.3) is 5.56 Å². The van der Waals surface area contributed by atoms with Crippen molar-refractivity contribution in [2.24, 2.45) is 0 Å². The van der Waals surface area contributed by atoms with Gasteiger partial charge >= 0.3 is 0 Å². The summed E-state index contributed by atoms with van der Waals surface area (Å²) in [6, 6.07) is 6.62. The third-order valence-corrected chi connectivity index (χ3v) is 7.01. The maximum Gasteiger partial charge on any atom is 0.252 e. The molecule has 0 spiro atoms. The molecule has 2 aliphatic rings. The summed E-state index contributed by atoms with van der Waals surface area (Å²) < 4.78 is 7.92. The fourth-order valence-corrected chi connectivity index (χ4v) is 5.09. The molecule has 1 N–H and O–H groups in total. The number of aryl methyl sites for hydroxylation is 2. The monoisotopic (exact) mass is 436 g/mol. The zero-order chi connectivity index (χ0) is 22.1. The van der Waals surface area contributed by atoms with Gasteiger partial charge in [-0.15, -0.1) is 5.10 Å². The number of aromatic nitrogens is 5. The third kappa shape index (κ3) is 4.47. The number of hydrogen-bond acceptors (Lipinski definition) is 6. The first-order valence-electron chi connectivity index (χ1n) is 11.8. The average molecular weight is 437 g/mol. The van der Waals surface area contributed by atoms with Crippen molar-refractivity contribution in [3.63, 3.8) is 0 Å². The highest BCUT2D eigenvalue weighted by Gasteiger charge is 2.25. The number of tetrazole rings is 1. The fraction of sp³-hybridized carbons (Fsp3) is 0.583. The van der Waals surface area contributed by atoms with Crippen LogP contribution in [0, 0.1) is 13.8 Å². The number of hydrogen-bond donors (Lipinski definition) is 1. The fourth-order valence-electron chi connectivity index (χ4n) is 5.09. The van der Waals surface area contributed by atoms with Crippen molar-refractivity contribution >= 4 is 10.9 Å². The number of fused-ring (bicyclic) bond motifs is 1. The van der Waals surface area contributed by atoms with Crippen LogP contribution in [-0.4, -0.2) is 49.3 Å². The van der Waals surface area contributed by atoms with Crippen molar-refractivity contribution in [2.45, 2.75) is 77.6 Å². The molecule has 2 aromatic heterocycles. The van der Waals surface area contributed by atoms with Crippen LogP contribution in [0.5, 0.6) is 0 Å². The molecule has 8 nitrogen and oxygen atoms in total.